The highest BCUT2D eigenvalue weighted by Gasteiger charge is 2.28. The zero-order valence-electron chi connectivity index (χ0n) is 11.0. The Kier molecular flexibility index (Phi) is 6.82. The molecule has 1 saturated heterocycles. The monoisotopic (exact) mass is 324 g/mol. The fourth-order valence-corrected chi connectivity index (χ4v) is 2.59. The number of hydrogen-bond acceptors (Lipinski definition) is 4. The highest BCUT2D eigenvalue weighted by molar-refractivity contribution is 5.85. The van der Waals surface area contributed by atoms with Gasteiger partial charge in [0.1, 0.15) is 6.67 Å². The van der Waals surface area contributed by atoms with Gasteiger partial charge in [-0.05, 0) is 6.07 Å². The van der Waals surface area contributed by atoms with Crippen molar-refractivity contribution < 1.29 is 13.9 Å². The van der Waals surface area contributed by atoms with Crippen LogP contribution in [0, 0.1) is 0 Å². The Hall–Kier alpha value is -0.750. The van der Waals surface area contributed by atoms with Crippen LogP contribution in [0.4, 0.5) is 4.39 Å². The van der Waals surface area contributed by atoms with Crippen LogP contribution < -0.4 is 14.8 Å². The van der Waals surface area contributed by atoms with Gasteiger partial charge < -0.3 is 14.8 Å². The third-order valence-electron chi connectivity index (χ3n) is 3.52. The maximum absolute atomic E-state index is 13.4. The van der Waals surface area contributed by atoms with Crippen molar-refractivity contribution in [2.24, 2.45) is 0 Å². The topological polar surface area (TPSA) is 33.7 Å². The Labute approximate surface area is 130 Å². The lowest BCUT2D eigenvalue weighted by molar-refractivity contribution is 0.140. The van der Waals surface area contributed by atoms with Gasteiger partial charge in [0.25, 0.3) is 0 Å². The van der Waals surface area contributed by atoms with E-state index in [0.29, 0.717) is 5.75 Å². The maximum Gasteiger partial charge on any atom is 0.231 e. The molecule has 0 aliphatic carbocycles. The number of piperazine rings is 1. The lowest BCUT2D eigenvalue weighted by Gasteiger charge is -2.33. The molecule has 114 valence electrons. The summed E-state index contributed by atoms with van der Waals surface area (Å²) in [6.45, 7) is 3.36. The van der Waals surface area contributed by atoms with Crippen LogP contribution in [0.1, 0.15) is 11.6 Å². The van der Waals surface area contributed by atoms with Gasteiger partial charge in [0.05, 0.1) is 6.04 Å². The second kappa shape index (κ2) is 7.88. The Morgan fingerprint density at radius 3 is 2.65 bits per heavy atom. The summed E-state index contributed by atoms with van der Waals surface area (Å²) in [6.07, 6.45) is 0. The van der Waals surface area contributed by atoms with E-state index >= 15 is 0 Å². The number of alkyl halides is 1. The molecule has 0 amide bonds. The SMILES string of the molecule is Cl.Cl.FC[C@@H](c1cccc2c1OCO2)N1CCNCC1. The van der Waals surface area contributed by atoms with Gasteiger partial charge in [-0.1, -0.05) is 12.1 Å². The number of nitrogens with zero attached hydrogens (tertiary/aromatic N) is 1. The number of rotatable bonds is 3. The van der Waals surface area contributed by atoms with Crippen molar-refractivity contribution in [3.63, 3.8) is 0 Å². The predicted octanol–water partition coefficient (Wildman–Crippen LogP) is 2.17. The number of hydrogen-bond donors (Lipinski definition) is 1. The Morgan fingerprint density at radius 1 is 1.20 bits per heavy atom. The molecule has 1 fully saturated rings. The van der Waals surface area contributed by atoms with E-state index in [-0.39, 0.29) is 37.6 Å². The summed E-state index contributed by atoms with van der Waals surface area (Å²) in [7, 11) is 0. The van der Waals surface area contributed by atoms with Crippen molar-refractivity contribution in [2.45, 2.75) is 6.04 Å². The zero-order valence-corrected chi connectivity index (χ0v) is 12.6. The van der Waals surface area contributed by atoms with E-state index in [1.165, 1.54) is 0 Å². The van der Waals surface area contributed by atoms with Crippen LogP contribution in [0.15, 0.2) is 18.2 Å². The van der Waals surface area contributed by atoms with Crippen molar-refractivity contribution in [3.8, 4) is 11.5 Å². The molecule has 0 aromatic heterocycles. The quantitative estimate of drug-likeness (QED) is 0.924. The molecule has 1 atom stereocenters. The molecule has 7 heteroatoms. The van der Waals surface area contributed by atoms with E-state index in [9.17, 15) is 4.39 Å². The van der Waals surface area contributed by atoms with Crippen LogP contribution in [0.5, 0.6) is 11.5 Å². The van der Waals surface area contributed by atoms with E-state index in [0.717, 1.165) is 37.5 Å². The summed E-state index contributed by atoms with van der Waals surface area (Å²) < 4.78 is 24.3. The number of nitrogens with one attached hydrogen (secondary N) is 1. The molecule has 1 aromatic rings. The molecule has 2 aliphatic heterocycles. The third-order valence-corrected chi connectivity index (χ3v) is 3.52. The normalized spacial score (nSPS) is 18.9. The number of fused-ring (bicyclic) bond motifs is 1. The predicted molar refractivity (Wildman–Crippen MR) is 80.2 cm³/mol. The lowest BCUT2D eigenvalue weighted by Crippen LogP contribution is -2.45. The lowest BCUT2D eigenvalue weighted by atomic mass is 10.0. The van der Waals surface area contributed by atoms with E-state index in [1.54, 1.807) is 0 Å². The standard InChI is InChI=1S/C13H17FN2O2.2ClH/c14-8-11(16-6-4-15-5-7-16)10-2-1-3-12-13(10)18-9-17-12;;/h1-3,11,15H,4-9H2;2*1H/t11-;;/m0../s1. The molecule has 2 heterocycles. The summed E-state index contributed by atoms with van der Waals surface area (Å²) in [6, 6.07) is 5.45. The molecule has 0 bridgehead atoms. The van der Waals surface area contributed by atoms with Crippen LogP contribution in [-0.4, -0.2) is 44.5 Å². The molecule has 3 rings (SSSR count). The van der Waals surface area contributed by atoms with Gasteiger partial charge in [0, 0.05) is 31.7 Å². The third kappa shape index (κ3) is 3.28. The first-order valence-electron chi connectivity index (χ1n) is 6.29. The molecular weight excluding hydrogens is 306 g/mol. The number of para-hydroxylation sites is 1. The molecule has 2 aliphatic rings. The van der Waals surface area contributed by atoms with Crippen LogP contribution in [0.3, 0.4) is 0 Å². The molecule has 0 radical (unpaired) electrons. The number of ether oxygens (including phenoxy) is 2. The fourth-order valence-electron chi connectivity index (χ4n) is 2.59. The van der Waals surface area contributed by atoms with E-state index in [1.807, 2.05) is 18.2 Å². The van der Waals surface area contributed by atoms with E-state index in [4.69, 9.17) is 9.47 Å². The van der Waals surface area contributed by atoms with Crippen molar-refractivity contribution in [3.05, 3.63) is 23.8 Å². The van der Waals surface area contributed by atoms with Gasteiger partial charge in [-0.3, -0.25) is 4.90 Å². The van der Waals surface area contributed by atoms with Crippen molar-refractivity contribution in [1.82, 2.24) is 10.2 Å². The summed E-state index contributed by atoms with van der Waals surface area (Å²) in [5, 5.41) is 3.28. The first kappa shape index (κ1) is 17.3. The average Bonchev–Trinajstić information content (AvgIpc) is 2.90. The highest BCUT2D eigenvalue weighted by Crippen LogP contribution is 2.40. The Bertz CT molecular complexity index is 431. The number of halogens is 3. The van der Waals surface area contributed by atoms with E-state index < -0.39 is 6.67 Å². The van der Waals surface area contributed by atoms with Gasteiger partial charge >= 0.3 is 0 Å². The highest BCUT2D eigenvalue weighted by atomic mass is 35.5. The van der Waals surface area contributed by atoms with Crippen molar-refractivity contribution in [2.75, 3.05) is 39.6 Å². The van der Waals surface area contributed by atoms with Gasteiger partial charge in [-0.2, -0.15) is 0 Å². The number of benzene rings is 1. The minimum absolute atomic E-state index is 0. The Morgan fingerprint density at radius 2 is 1.95 bits per heavy atom. The van der Waals surface area contributed by atoms with Crippen LogP contribution >= 0.6 is 24.8 Å². The summed E-state index contributed by atoms with van der Waals surface area (Å²) in [5.41, 5.74) is 0.898. The summed E-state index contributed by atoms with van der Waals surface area (Å²) in [5.74, 6) is 1.43. The molecular formula is C13H19Cl2FN2O2. The average molecular weight is 325 g/mol. The zero-order chi connectivity index (χ0) is 12.4. The molecule has 0 spiro atoms. The van der Waals surface area contributed by atoms with Gasteiger partial charge in [0.15, 0.2) is 11.5 Å². The second-order valence-electron chi connectivity index (χ2n) is 4.54. The van der Waals surface area contributed by atoms with Crippen LogP contribution in [0.2, 0.25) is 0 Å². The van der Waals surface area contributed by atoms with Gasteiger partial charge in [-0.25, -0.2) is 4.39 Å². The second-order valence-corrected chi connectivity index (χ2v) is 4.54. The molecule has 1 N–H and O–H groups in total. The molecule has 20 heavy (non-hydrogen) atoms. The van der Waals surface area contributed by atoms with Crippen LogP contribution in [0.25, 0.3) is 0 Å². The van der Waals surface area contributed by atoms with Crippen LogP contribution in [-0.2, 0) is 0 Å². The minimum atomic E-state index is -0.403. The van der Waals surface area contributed by atoms with E-state index in [2.05, 4.69) is 10.2 Å². The fraction of sp³-hybridized carbons (Fsp3) is 0.538. The van der Waals surface area contributed by atoms with Crippen molar-refractivity contribution in [1.29, 1.82) is 0 Å². The summed E-state index contributed by atoms with van der Waals surface area (Å²) >= 11 is 0. The molecule has 0 unspecified atom stereocenters. The first-order valence-corrected chi connectivity index (χ1v) is 6.29. The minimum Gasteiger partial charge on any atom is -0.454 e. The first-order chi connectivity index (χ1) is 8.90. The molecule has 4 nitrogen and oxygen atoms in total. The molecule has 0 saturated carbocycles. The Balaban J connectivity index is 0.000001000. The van der Waals surface area contributed by atoms with Crippen molar-refractivity contribution >= 4 is 24.8 Å². The smallest absolute Gasteiger partial charge is 0.231 e. The van der Waals surface area contributed by atoms with Gasteiger partial charge in [0.2, 0.25) is 6.79 Å². The molecule has 1 aromatic carbocycles. The summed E-state index contributed by atoms with van der Waals surface area (Å²) in [4.78, 5) is 2.16. The van der Waals surface area contributed by atoms with Gasteiger partial charge in [-0.15, -0.1) is 24.8 Å². The largest absolute Gasteiger partial charge is 0.454 e. The maximum atomic E-state index is 13.4.